The molecule has 0 aromatic heterocycles. The fourth-order valence-corrected chi connectivity index (χ4v) is 0.423. The molecule has 0 bridgehead atoms. The van der Waals surface area contributed by atoms with Crippen molar-refractivity contribution in [3.05, 3.63) is 6.42 Å². The van der Waals surface area contributed by atoms with Crippen molar-refractivity contribution in [2.75, 3.05) is 13.2 Å². The summed E-state index contributed by atoms with van der Waals surface area (Å²) in [7, 11) is 0. The number of ether oxygens (including phenoxy) is 1. The van der Waals surface area contributed by atoms with E-state index in [-0.39, 0.29) is 0 Å². The minimum Gasteiger partial charge on any atom is -0.481 e. The molecule has 74 valence electrons. The Bertz CT molecular complexity index is 201. The molecule has 0 aliphatic carbocycles. The van der Waals surface area contributed by atoms with E-state index in [0.29, 0.717) is 6.42 Å². The van der Waals surface area contributed by atoms with Crippen LogP contribution in [0.5, 0.6) is 0 Å². The van der Waals surface area contributed by atoms with E-state index < -0.39 is 30.9 Å². The first kappa shape index (κ1) is 11.8. The zero-order valence-corrected chi connectivity index (χ0v) is 6.47. The molecular formula is C6H8O7. The molecular weight excluding hydrogens is 184 g/mol. The molecule has 0 fully saturated rings. The lowest BCUT2D eigenvalue weighted by Crippen LogP contribution is -2.44. The number of aliphatic carboxylic acids is 2. The van der Waals surface area contributed by atoms with Crippen molar-refractivity contribution in [3.63, 3.8) is 0 Å². The number of hydrogen-bond acceptors (Lipinski definition) is 4. The van der Waals surface area contributed by atoms with Gasteiger partial charge in [-0.2, -0.15) is 5.11 Å². The van der Waals surface area contributed by atoms with Gasteiger partial charge in [-0.15, -0.1) is 0 Å². The van der Waals surface area contributed by atoms with Crippen LogP contribution in [0.2, 0.25) is 0 Å². The van der Waals surface area contributed by atoms with Crippen LogP contribution in [-0.4, -0.2) is 46.3 Å². The first-order valence-electron chi connectivity index (χ1n) is 3.17. The average molecular weight is 192 g/mol. The van der Waals surface area contributed by atoms with Gasteiger partial charge in [0.05, 0.1) is 13.0 Å². The Labute approximate surface area is 73.2 Å². The van der Waals surface area contributed by atoms with Gasteiger partial charge in [0, 0.05) is 0 Å². The predicted molar refractivity (Wildman–Crippen MR) is 36.0 cm³/mol. The van der Waals surface area contributed by atoms with Crippen LogP contribution in [0.1, 0.15) is 0 Å². The standard InChI is InChI=1S/C6H8O7/c7-3-6(12,5(10)11)13-2-1-4(8)9/h1,7H,2-3H2,(H,8,9)(H,10,11). The summed E-state index contributed by atoms with van der Waals surface area (Å²) in [6.07, 6.45) is 0.561. The Hall–Kier alpha value is -1.18. The van der Waals surface area contributed by atoms with Crippen molar-refractivity contribution in [2.45, 2.75) is 5.79 Å². The number of carbonyl (C=O) groups is 2. The third-order valence-corrected chi connectivity index (χ3v) is 1.11. The van der Waals surface area contributed by atoms with Gasteiger partial charge in [-0.1, -0.05) is 0 Å². The van der Waals surface area contributed by atoms with Crippen molar-refractivity contribution in [1.29, 1.82) is 0 Å². The Balaban J connectivity index is 3.98. The van der Waals surface area contributed by atoms with Gasteiger partial charge in [-0.3, -0.25) is 4.79 Å². The fourth-order valence-electron chi connectivity index (χ4n) is 0.423. The van der Waals surface area contributed by atoms with E-state index in [2.05, 4.69) is 4.74 Å². The second-order valence-electron chi connectivity index (χ2n) is 2.07. The van der Waals surface area contributed by atoms with Gasteiger partial charge < -0.3 is 20.1 Å². The average Bonchev–Trinajstić information content (AvgIpc) is 2.03. The van der Waals surface area contributed by atoms with Crippen LogP contribution in [-0.2, 0) is 19.4 Å². The largest absolute Gasteiger partial charge is 0.481 e. The normalized spacial score (nSPS) is 14.9. The third-order valence-electron chi connectivity index (χ3n) is 1.11. The van der Waals surface area contributed by atoms with E-state index in [0.717, 1.165) is 0 Å². The predicted octanol–water partition coefficient (Wildman–Crippen LogP) is -1.50. The SMILES string of the molecule is [O]C(CO)(OC[CH]C(=O)O)C(=O)O. The highest BCUT2D eigenvalue weighted by Gasteiger charge is 2.39. The molecule has 1 atom stereocenters. The smallest absolute Gasteiger partial charge is 0.369 e. The maximum atomic E-state index is 10.9. The zero-order valence-electron chi connectivity index (χ0n) is 6.47. The van der Waals surface area contributed by atoms with Crippen molar-refractivity contribution in [1.82, 2.24) is 0 Å². The molecule has 13 heavy (non-hydrogen) atoms. The first-order valence-corrected chi connectivity index (χ1v) is 3.17. The van der Waals surface area contributed by atoms with Gasteiger partial charge in [0.1, 0.15) is 6.61 Å². The summed E-state index contributed by atoms with van der Waals surface area (Å²) in [5, 5.41) is 35.5. The van der Waals surface area contributed by atoms with E-state index in [1.54, 1.807) is 0 Å². The van der Waals surface area contributed by atoms with Gasteiger partial charge in [0.2, 0.25) is 0 Å². The van der Waals surface area contributed by atoms with Gasteiger partial charge in [-0.05, 0) is 0 Å². The number of aliphatic hydroxyl groups is 1. The molecule has 0 aliphatic rings. The van der Waals surface area contributed by atoms with Crippen LogP contribution in [0.4, 0.5) is 0 Å². The molecule has 0 saturated heterocycles. The Morgan fingerprint density at radius 2 is 1.92 bits per heavy atom. The van der Waals surface area contributed by atoms with Crippen LogP contribution in [0.3, 0.4) is 0 Å². The molecule has 0 amide bonds. The van der Waals surface area contributed by atoms with Gasteiger partial charge in [0.25, 0.3) is 0 Å². The van der Waals surface area contributed by atoms with Crippen molar-refractivity contribution < 1.29 is 34.8 Å². The van der Waals surface area contributed by atoms with Crippen molar-refractivity contribution in [2.24, 2.45) is 0 Å². The van der Waals surface area contributed by atoms with E-state index in [4.69, 9.17) is 15.3 Å². The molecule has 0 aromatic carbocycles. The van der Waals surface area contributed by atoms with E-state index in [1.165, 1.54) is 0 Å². The van der Waals surface area contributed by atoms with Crippen molar-refractivity contribution >= 4 is 11.9 Å². The van der Waals surface area contributed by atoms with Gasteiger partial charge >= 0.3 is 17.7 Å². The summed E-state index contributed by atoms with van der Waals surface area (Å²) < 4.78 is 4.11. The molecule has 0 saturated carbocycles. The highest BCUT2D eigenvalue weighted by molar-refractivity contribution is 5.77. The Kier molecular flexibility index (Phi) is 4.32. The fraction of sp³-hybridized carbons (Fsp3) is 0.500. The molecule has 0 spiro atoms. The Morgan fingerprint density at radius 3 is 2.23 bits per heavy atom. The molecule has 3 N–H and O–H groups in total. The number of carboxylic acids is 2. The van der Waals surface area contributed by atoms with Crippen LogP contribution in [0.15, 0.2) is 0 Å². The number of carboxylic acid groups (broad SMARTS) is 2. The summed E-state index contributed by atoms with van der Waals surface area (Å²) in [5.74, 6) is -6.23. The summed E-state index contributed by atoms with van der Waals surface area (Å²) >= 11 is 0. The van der Waals surface area contributed by atoms with E-state index in [1.807, 2.05) is 0 Å². The summed E-state index contributed by atoms with van der Waals surface area (Å²) in [5.41, 5.74) is 0. The van der Waals surface area contributed by atoms with Crippen LogP contribution < -0.4 is 0 Å². The lowest BCUT2D eigenvalue weighted by molar-refractivity contribution is -0.257. The quantitative estimate of drug-likeness (QED) is 0.439. The minimum atomic E-state index is -2.99. The maximum absolute atomic E-state index is 10.9. The monoisotopic (exact) mass is 192 g/mol. The minimum absolute atomic E-state index is 0.561. The lowest BCUT2D eigenvalue weighted by atomic mass is 10.3. The Morgan fingerprint density at radius 1 is 1.38 bits per heavy atom. The highest BCUT2D eigenvalue weighted by Crippen LogP contribution is 2.07. The molecule has 7 nitrogen and oxygen atoms in total. The summed E-state index contributed by atoms with van der Waals surface area (Å²) in [6.45, 7) is -1.94. The number of rotatable bonds is 6. The van der Waals surface area contributed by atoms with Crippen molar-refractivity contribution in [3.8, 4) is 0 Å². The second-order valence-corrected chi connectivity index (χ2v) is 2.07. The molecule has 0 aromatic rings. The third kappa shape index (κ3) is 3.83. The lowest BCUT2D eigenvalue weighted by Gasteiger charge is -2.17. The second kappa shape index (κ2) is 4.75. The topological polar surface area (TPSA) is 124 Å². The molecule has 2 radical (unpaired) electrons. The summed E-state index contributed by atoms with van der Waals surface area (Å²) in [6, 6.07) is 0. The number of hydrogen-bond donors (Lipinski definition) is 3. The van der Waals surface area contributed by atoms with Gasteiger partial charge in [-0.25, -0.2) is 4.79 Å². The van der Waals surface area contributed by atoms with Crippen LogP contribution in [0, 0.1) is 6.42 Å². The molecule has 7 heteroatoms. The van der Waals surface area contributed by atoms with Crippen LogP contribution in [0.25, 0.3) is 0 Å². The van der Waals surface area contributed by atoms with Crippen LogP contribution >= 0.6 is 0 Å². The maximum Gasteiger partial charge on any atom is 0.369 e. The summed E-state index contributed by atoms with van der Waals surface area (Å²) in [4.78, 5) is 20.1. The van der Waals surface area contributed by atoms with Gasteiger partial charge in [0.15, 0.2) is 0 Å². The molecule has 1 unspecified atom stereocenters. The first-order chi connectivity index (χ1) is 5.92. The highest BCUT2D eigenvalue weighted by atomic mass is 16.7. The molecule has 0 heterocycles. The number of aliphatic hydroxyl groups excluding tert-OH is 1. The molecule has 0 rings (SSSR count). The molecule has 0 aliphatic heterocycles. The zero-order chi connectivity index (χ0) is 10.5. The van der Waals surface area contributed by atoms with E-state index in [9.17, 15) is 14.7 Å². The van der Waals surface area contributed by atoms with E-state index >= 15 is 0 Å².